The standard InChI is InChI=1S/C20H28N4O4S2/c1-9(2)12-6-5-10(3)7-13(12)27-17(25)18-28-14(8-29-18)24-16-15(30-20(24)26)11(4)22-19(21)23-16/h9-10,12-14,18H,5-8H2,1-4H3,(H2,21,22,23)/t10-,12+,13-,14?,18+/m1/s1. The number of aromatic nitrogens is 3. The van der Waals surface area contributed by atoms with Crippen LogP contribution in [0.25, 0.3) is 10.3 Å². The van der Waals surface area contributed by atoms with Crippen LogP contribution in [0.15, 0.2) is 4.79 Å². The molecule has 1 saturated heterocycles. The first-order chi connectivity index (χ1) is 14.2. The molecule has 5 atom stereocenters. The third-order valence-electron chi connectivity index (χ3n) is 6.03. The molecule has 0 amide bonds. The van der Waals surface area contributed by atoms with Crippen LogP contribution >= 0.6 is 23.1 Å². The van der Waals surface area contributed by atoms with Gasteiger partial charge in [0.2, 0.25) is 11.4 Å². The summed E-state index contributed by atoms with van der Waals surface area (Å²) in [4.78, 5) is 33.6. The normalized spacial score (nSPS) is 29.6. The van der Waals surface area contributed by atoms with Crippen LogP contribution in [0.2, 0.25) is 0 Å². The Morgan fingerprint density at radius 2 is 2.10 bits per heavy atom. The van der Waals surface area contributed by atoms with Gasteiger partial charge in [0.1, 0.15) is 6.10 Å². The van der Waals surface area contributed by atoms with Crippen molar-refractivity contribution in [2.24, 2.45) is 17.8 Å². The molecular weight excluding hydrogens is 424 g/mol. The van der Waals surface area contributed by atoms with Gasteiger partial charge in [0, 0.05) is 5.75 Å². The lowest BCUT2D eigenvalue weighted by Gasteiger charge is -2.37. The van der Waals surface area contributed by atoms with Crippen LogP contribution < -0.4 is 10.6 Å². The van der Waals surface area contributed by atoms with Crippen LogP contribution in [-0.4, -0.2) is 37.8 Å². The van der Waals surface area contributed by atoms with E-state index in [1.54, 1.807) is 6.92 Å². The van der Waals surface area contributed by atoms with E-state index >= 15 is 0 Å². The fourth-order valence-electron chi connectivity index (χ4n) is 4.43. The Balaban J connectivity index is 1.50. The first-order valence-corrected chi connectivity index (χ1v) is 12.2. The first-order valence-electron chi connectivity index (χ1n) is 10.4. The smallest absolute Gasteiger partial charge is 0.346 e. The van der Waals surface area contributed by atoms with Crippen molar-refractivity contribution in [2.45, 2.75) is 64.7 Å². The summed E-state index contributed by atoms with van der Waals surface area (Å²) < 4.78 is 14.0. The van der Waals surface area contributed by atoms with Gasteiger partial charge in [-0.3, -0.25) is 9.36 Å². The zero-order chi connectivity index (χ0) is 21.6. The minimum atomic E-state index is -0.748. The number of carbonyl (C=O) groups is 1. The molecule has 2 aromatic heterocycles. The summed E-state index contributed by atoms with van der Waals surface area (Å²) in [5.41, 5.74) is 6.14. The molecule has 8 nitrogen and oxygen atoms in total. The number of hydrogen-bond acceptors (Lipinski definition) is 9. The van der Waals surface area contributed by atoms with E-state index in [1.165, 1.54) is 22.7 Å². The van der Waals surface area contributed by atoms with Crippen molar-refractivity contribution in [3.63, 3.8) is 0 Å². The maximum atomic E-state index is 12.9. The number of carbonyl (C=O) groups excluding carboxylic acids is 1. The number of ether oxygens (including phenoxy) is 2. The van der Waals surface area contributed by atoms with E-state index in [4.69, 9.17) is 15.2 Å². The number of fused-ring (bicyclic) bond motifs is 1. The van der Waals surface area contributed by atoms with Crippen molar-refractivity contribution < 1.29 is 14.3 Å². The van der Waals surface area contributed by atoms with Gasteiger partial charge in [0.25, 0.3) is 0 Å². The second-order valence-corrected chi connectivity index (χ2v) is 10.7. The molecule has 0 aromatic carbocycles. The molecule has 2 fully saturated rings. The summed E-state index contributed by atoms with van der Waals surface area (Å²) in [5, 5.41) is 0. The number of nitrogens with two attached hydrogens (primary N) is 1. The Labute approximate surface area is 183 Å². The Hall–Kier alpha value is -1.65. The van der Waals surface area contributed by atoms with Crippen molar-refractivity contribution in [1.29, 1.82) is 0 Å². The number of nitrogens with zero attached hydrogens (tertiary/aromatic N) is 3. The Morgan fingerprint density at radius 1 is 1.33 bits per heavy atom. The van der Waals surface area contributed by atoms with E-state index in [1.807, 2.05) is 0 Å². The summed E-state index contributed by atoms with van der Waals surface area (Å²) in [5.74, 6) is 1.60. The van der Waals surface area contributed by atoms with Gasteiger partial charge in [-0.25, -0.2) is 9.78 Å². The van der Waals surface area contributed by atoms with E-state index in [9.17, 15) is 9.59 Å². The van der Waals surface area contributed by atoms with Gasteiger partial charge in [0.05, 0.1) is 10.4 Å². The van der Waals surface area contributed by atoms with Crippen LogP contribution in [0.4, 0.5) is 5.95 Å². The molecule has 1 unspecified atom stereocenters. The number of anilines is 1. The monoisotopic (exact) mass is 452 g/mol. The first kappa shape index (κ1) is 21.6. The number of hydrogen-bond donors (Lipinski definition) is 1. The average molecular weight is 453 g/mol. The molecule has 2 aliphatic rings. The minimum absolute atomic E-state index is 0.0793. The summed E-state index contributed by atoms with van der Waals surface area (Å²) in [6.07, 6.45) is 2.47. The summed E-state index contributed by atoms with van der Waals surface area (Å²) in [6, 6.07) is 0. The zero-order valence-corrected chi connectivity index (χ0v) is 19.3. The van der Waals surface area contributed by atoms with Crippen molar-refractivity contribution in [3.05, 3.63) is 15.4 Å². The van der Waals surface area contributed by atoms with Gasteiger partial charge >= 0.3 is 10.8 Å². The quantitative estimate of drug-likeness (QED) is 0.704. The molecule has 4 rings (SSSR count). The van der Waals surface area contributed by atoms with Crippen LogP contribution in [0.3, 0.4) is 0 Å². The molecule has 1 aliphatic heterocycles. The molecule has 10 heteroatoms. The third kappa shape index (κ3) is 4.09. The van der Waals surface area contributed by atoms with Crippen molar-refractivity contribution in [3.8, 4) is 0 Å². The molecular formula is C20H28N4O4S2. The van der Waals surface area contributed by atoms with Crippen LogP contribution in [0.1, 0.15) is 52.0 Å². The molecule has 1 saturated carbocycles. The highest BCUT2D eigenvalue weighted by atomic mass is 32.2. The molecule has 1 aliphatic carbocycles. The molecule has 0 bridgehead atoms. The van der Waals surface area contributed by atoms with E-state index in [2.05, 4.69) is 30.7 Å². The number of thioether (sulfide) groups is 1. The van der Waals surface area contributed by atoms with Gasteiger partial charge in [0.15, 0.2) is 11.9 Å². The molecule has 0 spiro atoms. The Morgan fingerprint density at radius 3 is 2.83 bits per heavy atom. The van der Waals surface area contributed by atoms with Crippen LogP contribution in [-0.2, 0) is 14.3 Å². The molecule has 2 N–H and O–H groups in total. The fraction of sp³-hybridized carbons (Fsp3) is 0.700. The van der Waals surface area contributed by atoms with Gasteiger partial charge in [-0.2, -0.15) is 4.98 Å². The SMILES string of the molecule is Cc1nc(N)nc2c1sc(=O)n2C1CS[C@@H](C(=O)O[C@@H]2C[C@H](C)CC[C@H]2C(C)C)O1. The maximum Gasteiger partial charge on any atom is 0.346 e. The average Bonchev–Trinajstić information content (AvgIpc) is 3.25. The summed E-state index contributed by atoms with van der Waals surface area (Å²) >= 11 is 2.42. The fourth-order valence-corrected chi connectivity index (χ4v) is 6.30. The number of esters is 1. The second kappa shape index (κ2) is 8.47. The lowest BCUT2D eigenvalue weighted by molar-refractivity contribution is -0.166. The number of nitrogen functional groups attached to an aromatic ring is 1. The molecule has 3 heterocycles. The van der Waals surface area contributed by atoms with E-state index in [0.717, 1.165) is 24.2 Å². The highest BCUT2D eigenvalue weighted by molar-refractivity contribution is 8.00. The van der Waals surface area contributed by atoms with Gasteiger partial charge in [-0.1, -0.05) is 38.5 Å². The highest BCUT2D eigenvalue weighted by Crippen LogP contribution is 2.38. The number of aryl methyl sites for hydroxylation is 1. The van der Waals surface area contributed by atoms with Crippen molar-refractivity contribution in [1.82, 2.24) is 14.5 Å². The van der Waals surface area contributed by atoms with Crippen molar-refractivity contribution >= 4 is 45.4 Å². The lowest BCUT2D eigenvalue weighted by atomic mass is 9.75. The van der Waals surface area contributed by atoms with Crippen LogP contribution in [0, 0.1) is 24.7 Å². The van der Waals surface area contributed by atoms with Crippen molar-refractivity contribution in [2.75, 3.05) is 11.5 Å². The number of rotatable bonds is 4. The maximum absolute atomic E-state index is 12.9. The zero-order valence-electron chi connectivity index (χ0n) is 17.7. The predicted octanol–water partition coefficient (Wildman–Crippen LogP) is 3.34. The van der Waals surface area contributed by atoms with E-state index in [-0.39, 0.29) is 22.9 Å². The largest absolute Gasteiger partial charge is 0.459 e. The van der Waals surface area contributed by atoms with Gasteiger partial charge in [-0.05, 0) is 37.5 Å². The highest BCUT2D eigenvalue weighted by Gasteiger charge is 2.39. The minimum Gasteiger partial charge on any atom is -0.459 e. The Kier molecular flexibility index (Phi) is 6.09. The second-order valence-electron chi connectivity index (χ2n) is 8.62. The summed E-state index contributed by atoms with van der Waals surface area (Å²) in [6.45, 7) is 8.36. The van der Waals surface area contributed by atoms with Crippen LogP contribution in [0.5, 0.6) is 0 Å². The number of thiazole rings is 1. The van der Waals surface area contributed by atoms with E-state index in [0.29, 0.717) is 39.5 Å². The van der Waals surface area contributed by atoms with E-state index < -0.39 is 11.7 Å². The van der Waals surface area contributed by atoms with Gasteiger partial charge in [-0.15, -0.1) is 11.8 Å². The topological polar surface area (TPSA) is 109 Å². The predicted molar refractivity (Wildman–Crippen MR) is 118 cm³/mol. The molecule has 0 radical (unpaired) electrons. The Bertz CT molecular complexity index is 1000. The molecule has 30 heavy (non-hydrogen) atoms. The third-order valence-corrected chi connectivity index (χ3v) is 8.17. The molecule has 2 aromatic rings. The van der Waals surface area contributed by atoms with Gasteiger partial charge < -0.3 is 15.2 Å². The molecule has 164 valence electrons. The lowest BCUT2D eigenvalue weighted by Crippen LogP contribution is -2.38. The summed E-state index contributed by atoms with van der Waals surface area (Å²) in [7, 11) is 0.